The number of amides is 1. The molecule has 1 atom stereocenters. The van der Waals surface area contributed by atoms with Crippen LogP contribution in [0, 0.1) is 0 Å². The maximum atomic E-state index is 13.0. The van der Waals surface area contributed by atoms with E-state index in [1.54, 1.807) is 38.3 Å². The summed E-state index contributed by atoms with van der Waals surface area (Å²) in [5.74, 6) is 1.05. The van der Waals surface area contributed by atoms with Crippen LogP contribution >= 0.6 is 0 Å². The molecule has 0 bridgehead atoms. The number of esters is 1. The zero-order chi connectivity index (χ0) is 20.4. The summed E-state index contributed by atoms with van der Waals surface area (Å²) in [5, 5.41) is 6.13. The van der Waals surface area contributed by atoms with E-state index in [1.165, 1.54) is 0 Å². The first-order valence-electron chi connectivity index (χ1n) is 9.43. The molecule has 1 amide bonds. The summed E-state index contributed by atoms with van der Waals surface area (Å²) in [5.41, 5.74) is 2.75. The van der Waals surface area contributed by atoms with E-state index >= 15 is 0 Å². The third kappa shape index (κ3) is 3.58. The highest BCUT2D eigenvalue weighted by atomic mass is 16.7. The van der Waals surface area contributed by atoms with E-state index in [9.17, 15) is 9.59 Å². The van der Waals surface area contributed by atoms with E-state index < -0.39 is 12.0 Å². The van der Waals surface area contributed by atoms with Gasteiger partial charge >= 0.3 is 5.97 Å². The molecule has 2 aliphatic rings. The number of methoxy groups -OCH3 is 1. The average molecular weight is 398 g/mol. The smallest absolute Gasteiger partial charge is 0.338 e. The van der Waals surface area contributed by atoms with Gasteiger partial charge in [-0.15, -0.1) is 0 Å². The summed E-state index contributed by atoms with van der Waals surface area (Å²) >= 11 is 0. The second-order valence-corrected chi connectivity index (χ2v) is 6.64. The van der Waals surface area contributed by atoms with Gasteiger partial charge in [-0.05, 0) is 49.2 Å². The fourth-order valence-electron chi connectivity index (χ4n) is 3.60. The van der Waals surface area contributed by atoms with Gasteiger partial charge in [0.05, 0.1) is 19.3 Å². The molecule has 2 aliphatic heterocycles. The van der Waals surface area contributed by atoms with E-state index in [-0.39, 0.29) is 12.7 Å². The van der Waals surface area contributed by atoms with E-state index in [0.717, 1.165) is 17.5 Å². The average Bonchev–Trinajstić information content (AvgIpc) is 3.20. The van der Waals surface area contributed by atoms with Crippen molar-refractivity contribution in [1.29, 1.82) is 0 Å². The molecule has 2 aromatic carbocycles. The standard InChI is InChI=1S/C21H22N2O6/c1-3-27-21(25)12-4-6-14(7-5-12)23-20(24)17-16-13(8-9-22-17)10-15-18(19(16)26-2)29-11-28-15/h4-7,10,17,22H,3,8-9,11H2,1-2H3,(H,23,24). The van der Waals surface area contributed by atoms with Gasteiger partial charge in [-0.2, -0.15) is 0 Å². The van der Waals surface area contributed by atoms with E-state index in [0.29, 0.717) is 41.7 Å². The van der Waals surface area contributed by atoms with Gasteiger partial charge in [0.1, 0.15) is 6.04 Å². The molecular weight excluding hydrogens is 376 g/mol. The van der Waals surface area contributed by atoms with Crippen molar-refractivity contribution in [2.75, 3.05) is 32.4 Å². The Labute approximate surface area is 168 Å². The van der Waals surface area contributed by atoms with Crippen LogP contribution < -0.4 is 24.8 Å². The SMILES string of the molecule is CCOC(=O)c1ccc(NC(=O)C2NCCc3cc4c(c(OC)c32)OCO4)cc1. The zero-order valence-corrected chi connectivity index (χ0v) is 16.2. The molecule has 0 spiro atoms. The third-order valence-corrected chi connectivity index (χ3v) is 4.90. The van der Waals surface area contributed by atoms with Crippen molar-refractivity contribution in [1.82, 2.24) is 5.32 Å². The first-order valence-corrected chi connectivity index (χ1v) is 9.43. The highest BCUT2D eigenvalue weighted by Crippen LogP contribution is 2.48. The molecule has 0 saturated heterocycles. The summed E-state index contributed by atoms with van der Waals surface area (Å²) in [6.45, 7) is 2.84. The molecule has 0 fully saturated rings. The molecule has 0 aliphatic carbocycles. The van der Waals surface area contributed by atoms with Gasteiger partial charge in [-0.3, -0.25) is 4.79 Å². The number of carbonyl (C=O) groups excluding carboxylic acids is 2. The second-order valence-electron chi connectivity index (χ2n) is 6.64. The Morgan fingerprint density at radius 3 is 2.76 bits per heavy atom. The van der Waals surface area contributed by atoms with Crippen LogP contribution in [0.5, 0.6) is 17.2 Å². The molecule has 1 unspecified atom stereocenters. The van der Waals surface area contributed by atoms with Gasteiger partial charge in [0, 0.05) is 17.8 Å². The monoisotopic (exact) mass is 398 g/mol. The van der Waals surface area contributed by atoms with Crippen LogP contribution in [0.15, 0.2) is 30.3 Å². The molecule has 8 nitrogen and oxygen atoms in total. The van der Waals surface area contributed by atoms with E-state index in [4.69, 9.17) is 18.9 Å². The van der Waals surface area contributed by atoms with E-state index in [2.05, 4.69) is 10.6 Å². The Morgan fingerprint density at radius 1 is 1.24 bits per heavy atom. The quantitative estimate of drug-likeness (QED) is 0.747. The Bertz CT molecular complexity index is 941. The molecule has 2 aromatic rings. The maximum absolute atomic E-state index is 13.0. The van der Waals surface area contributed by atoms with Crippen LogP contribution in [0.2, 0.25) is 0 Å². The summed E-state index contributed by atoms with van der Waals surface area (Å²) in [7, 11) is 1.55. The lowest BCUT2D eigenvalue weighted by Crippen LogP contribution is -2.38. The molecule has 4 rings (SSSR count). The number of hydrogen-bond acceptors (Lipinski definition) is 7. The van der Waals surface area contributed by atoms with Crippen molar-refractivity contribution in [2.24, 2.45) is 0 Å². The van der Waals surface area contributed by atoms with Crippen molar-refractivity contribution in [3.05, 3.63) is 47.0 Å². The number of carbonyl (C=O) groups is 2. The Balaban J connectivity index is 1.57. The lowest BCUT2D eigenvalue weighted by Gasteiger charge is -2.28. The minimum Gasteiger partial charge on any atom is -0.492 e. The molecule has 29 heavy (non-hydrogen) atoms. The van der Waals surface area contributed by atoms with Crippen molar-refractivity contribution in [2.45, 2.75) is 19.4 Å². The van der Waals surface area contributed by atoms with Crippen molar-refractivity contribution < 1.29 is 28.5 Å². The Morgan fingerprint density at radius 2 is 2.03 bits per heavy atom. The summed E-state index contributed by atoms with van der Waals surface area (Å²) in [6, 6.07) is 7.89. The molecule has 8 heteroatoms. The molecular formula is C21H22N2O6. The molecule has 0 saturated carbocycles. The fourth-order valence-corrected chi connectivity index (χ4v) is 3.60. The van der Waals surface area contributed by atoms with Gasteiger partial charge in [0.15, 0.2) is 11.5 Å². The van der Waals surface area contributed by atoms with Crippen LogP contribution in [-0.2, 0) is 16.0 Å². The summed E-state index contributed by atoms with van der Waals surface area (Å²) in [4.78, 5) is 24.8. The number of fused-ring (bicyclic) bond motifs is 2. The molecule has 2 N–H and O–H groups in total. The Hall–Kier alpha value is -3.26. The van der Waals surface area contributed by atoms with Crippen LogP contribution in [0.3, 0.4) is 0 Å². The fraction of sp³-hybridized carbons (Fsp3) is 0.333. The highest BCUT2D eigenvalue weighted by molar-refractivity contribution is 5.97. The van der Waals surface area contributed by atoms with Gasteiger partial charge in [-0.25, -0.2) is 4.79 Å². The van der Waals surface area contributed by atoms with Crippen molar-refractivity contribution in [3.63, 3.8) is 0 Å². The van der Waals surface area contributed by atoms with Crippen LogP contribution in [0.25, 0.3) is 0 Å². The molecule has 0 radical (unpaired) electrons. The highest BCUT2D eigenvalue weighted by Gasteiger charge is 2.34. The van der Waals surface area contributed by atoms with Crippen molar-refractivity contribution >= 4 is 17.6 Å². The second kappa shape index (κ2) is 8.00. The number of hydrogen-bond donors (Lipinski definition) is 2. The number of ether oxygens (including phenoxy) is 4. The minimum atomic E-state index is -0.604. The summed E-state index contributed by atoms with van der Waals surface area (Å²) < 4.78 is 21.6. The Kier molecular flexibility index (Phi) is 5.26. The van der Waals surface area contributed by atoms with Crippen LogP contribution in [0.1, 0.15) is 34.5 Å². The van der Waals surface area contributed by atoms with Gasteiger partial charge < -0.3 is 29.6 Å². The summed E-state index contributed by atoms with van der Waals surface area (Å²) in [6.07, 6.45) is 0.750. The first kappa shape index (κ1) is 19.1. The number of benzene rings is 2. The third-order valence-electron chi connectivity index (χ3n) is 4.90. The normalized spacial score (nSPS) is 16.7. The predicted molar refractivity (Wildman–Crippen MR) is 105 cm³/mol. The van der Waals surface area contributed by atoms with Gasteiger partial charge in [0.25, 0.3) is 0 Å². The predicted octanol–water partition coefficient (Wildman–Crippen LogP) is 2.43. The maximum Gasteiger partial charge on any atom is 0.338 e. The zero-order valence-electron chi connectivity index (χ0n) is 16.2. The number of anilines is 1. The van der Waals surface area contributed by atoms with E-state index in [1.807, 2.05) is 6.07 Å². The lowest BCUT2D eigenvalue weighted by atomic mass is 9.91. The molecule has 0 aromatic heterocycles. The van der Waals surface area contributed by atoms with Gasteiger partial charge in [-0.1, -0.05) is 0 Å². The van der Waals surface area contributed by atoms with Gasteiger partial charge in [0.2, 0.25) is 18.4 Å². The molecule has 152 valence electrons. The van der Waals surface area contributed by atoms with Crippen molar-refractivity contribution in [3.8, 4) is 17.2 Å². The number of nitrogens with one attached hydrogen (secondary N) is 2. The largest absolute Gasteiger partial charge is 0.492 e. The number of rotatable bonds is 5. The topological polar surface area (TPSA) is 95.1 Å². The first-order chi connectivity index (χ1) is 14.1. The van der Waals surface area contributed by atoms with Crippen LogP contribution in [-0.4, -0.2) is 38.9 Å². The minimum absolute atomic E-state index is 0.131. The molecule has 2 heterocycles. The van der Waals surface area contributed by atoms with Crippen LogP contribution in [0.4, 0.5) is 5.69 Å². The lowest BCUT2D eigenvalue weighted by molar-refractivity contribution is -0.118.